The lowest BCUT2D eigenvalue weighted by Gasteiger charge is -2.11. The third-order valence-corrected chi connectivity index (χ3v) is 3.55. The second-order valence-corrected chi connectivity index (χ2v) is 5.01. The van der Waals surface area contributed by atoms with Gasteiger partial charge in [0, 0.05) is 6.07 Å². The lowest BCUT2D eigenvalue weighted by Crippen LogP contribution is -2.15. The molecule has 0 aliphatic rings. The molecule has 0 aliphatic carbocycles. The molecule has 0 unspecified atom stereocenters. The normalized spacial score (nSPS) is 10.4. The maximum atomic E-state index is 12.4. The van der Waals surface area contributed by atoms with Gasteiger partial charge in [-0.2, -0.15) is 0 Å². The Morgan fingerprint density at radius 3 is 2.58 bits per heavy atom. The van der Waals surface area contributed by atoms with Gasteiger partial charge in [-0.25, -0.2) is 4.79 Å². The van der Waals surface area contributed by atoms with E-state index in [0.29, 0.717) is 28.0 Å². The van der Waals surface area contributed by atoms with Gasteiger partial charge in [0.25, 0.3) is 5.91 Å². The van der Waals surface area contributed by atoms with Crippen molar-refractivity contribution in [2.75, 3.05) is 19.5 Å². The largest absolute Gasteiger partial charge is 0.497 e. The molecular weight excluding hydrogens is 310 g/mol. The molecule has 0 saturated heterocycles. The van der Waals surface area contributed by atoms with Crippen molar-refractivity contribution in [1.82, 2.24) is 0 Å². The highest BCUT2D eigenvalue weighted by Crippen LogP contribution is 2.29. The van der Waals surface area contributed by atoms with Gasteiger partial charge in [0.05, 0.1) is 25.3 Å². The van der Waals surface area contributed by atoms with Crippen LogP contribution < -0.4 is 20.4 Å². The molecular formula is C18H15NO5. The lowest BCUT2D eigenvalue weighted by atomic mass is 10.1. The number of amides is 1. The monoisotopic (exact) mass is 325 g/mol. The standard InChI is InChI=1S/C18H15NO5/c1-22-12-7-8-15(23-2)14(10-12)19-17(20)16-9-11-5-3-4-6-13(11)18(21)24-16/h3-10H,1-2H3,(H,19,20). The number of fused-ring (bicyclic) bond motifs is 1. The van der Waals surface area contributed by atoms with E-state index in [-0.39, 0.29) is 5.76 Å². The van der Waals surface area contributed by atoms with Gasteiger partial charge >= 0.3 is 5.63 Å². The van der Waals surface area contributed by atoms with E-state index in [2.05, 4.69) is 5.32 Å². The zero-order chi connectivity index (χ0) is 17.1. The van der Waals surface area contributed by atoms with E-state index in [1.165, 1.54) is 20.3 Å². The quantitative estimate of drug-likeness (QED) is 0.797. The zero-order valence-corrected chi connectivity index (χ0v) is 13.2. The second kappa shape index (κ2) is 6.45. The molecule has 0 bridgehead atoms. The SMILES string of the molecule is COc1ccc(OC)c(NC(=O)c2cc3ccccc3c(=O)o2)c1. The van der Waals surface area contributed by atoms with Crippen molar-refractivity contribution in [3.8, 4) is 11.5 Å². The number of rotatable bonds is 4. The van der Waals surface area contributed by atoms with Crippen molar-refractivity contribution < 1.29 is 18.7 Å². The third kappa shape index (κ3) is 2.94. The Kier molecular flexibility index (Phi) is 4.20. The van der Waals surface area contributed by atoms with E-state index < -0.39 is 11.5 Å². The fourth-order valence-electron chi connectivity index (χ4n) is 2.34. The first-order valence-corrected chi connectivity index (χ1v) is 7.18. The predicted molar refractivity (Wildman–Crippen MR) is 90.0 cm³/mol. The van der Waals surface area contributed by atoms with Crippen LogP contribution in [-0.2, 0) is 0 Å². The van der Waals surface area contributed by atoms with Gasteiger partial charge in [-0.3, -0.25) is 4.79 Å². The van der Waals surface area contributed by atoms with Crippen molar-refractivity contribution in [2.45, 2.75) is 0 Å². The van der Waals surface area contributed by atoms with E-state index in [1.807, 2.05) is 0 Å². The highest BCUT2D eigenvalue weighted by atomic mass is 16.5. The van der Waals surface area contributed by atoms with E-state index in [4.69, 9.17) is 13.9 Å². The summed E-state index contributed by atoms with van der Waals surface area (Å²) < 4.78 is 15.5. The Labute approximate surface area is 137 Å². The highest BCUT2D eigenvalue weighted by Gasteiger charge is 2.15. The first-order chi connectivity index (χ1) is 11.6. The predicted octanol–water partition coefficient (Wildman–Crippen LogP) is 3.06. The number of anilines is 1. The molecule has 0 fully saturated rings. The number of benzene rings is 2. The molecule has 3 aromatic rings. The number of hydrogen-bond donors (Lipinski definition) is 1. The van der Waals surface area contributed by atoms with Crippen LogP contribution in [0.2, 0.25) is 0 Å². The topological polar surface area (TPSA) is 77.8 Å². The number of methoxy groups -OCH3 is 2. The Balaban J connectivity index is 1.97. The van der Waals surface area contributed by atoms with Gasteiger partial charge in [0.2, 0.25) is 0 Å². The lowest BCUT2D eigenvalue weighted by molar-refractivity contribution is 0.0992. The maximum Gasteiger partial charge on any atom is 0.344 e. The number of carbonyl (C=O) groups is 1. The van der Waals surface area contributed by atoms with Crippen molar-refractivity contribution in [3.05, 3.63) is 64.7 Å². The average molecular weight is 325 g/mol. The number of carbonyl (C=O) groups excluding carboxylic acids is 1. The molecule has 0 radical (unpaired) electrons. The van der Waals surface area contributed by atoms with E-state index in [1.54, 1.807) is 42.5 Å². The summed E-state index contributed by atoms with van der Waals surface area (Å²) in [6.07, 6.45) is 0. The van der Waals surface area contributed by atoms with Crippen molar-refractivity contribution >= 4 is 22.4 Å². The van der Waals surface area contributed by atoms with Gasteiger partial charge in [-0.15, -0.1) is 0 Å². The van der Waals surface area contributed by atoms with E-state index in [9.17, 15) is 9.59 Å². The molecule has 0 saturated carbocycles. The maximum absolute atomic E-state index is 12.4. The molecule has 0 atom stereocenters. The van der Waals surface area contributed by atoms with Gasteiger partial charge in [0.1, 0.15) is 11.5 Å². The Morgan fingerprint density at radius 1 is 1.04 bits per heavy atom. The molecule has 3 rings (SSSR count). The van der Waals surface area contributed by atoms with Crippen molar-refractivity contribution in [1.29, 1.82) is 0 Å². The molecule has 0 aliphatic heterocycles. The average Bonchev–Trinajstić information content (AvgIpc) is 2.61. The molecule has 2 aromatic carbocycles. The van der Waals surface area contributed by atoms with Crippen LogP contribution in [0.3, 0.4) is 0 Å². The molecule has 6 heteroatoms. The number of ether oxygens (including phenoxy) is 2. The summed E-state index contributed by atoms with van der Waals surface area (Å²) in [7, 11) is 3.02. The Bertz CT molecular complexity index is 961. The smallest absolute Gasteiger partial charge is 0.344 e. The summed E-state index contributed by atoms with van der Waals surface area (Å²) in [6, 6.07) is 13.4. The Hall–Kier alpha value is -3.28. The number of hydrogen-bond acceptors (Lipinski definition) is 5. The summed E-state index contributed by atoms with van der Waals surface area (Å²) in [6.45, 7) is 0. The summed E-state index contributed by atoms with van der Waals surface area (Å²) in [5.41, 5.74) is -0.145. The van der Waals surface area contributed by atoms with Crippen LogP contribution in [0.4, 0.5) is 5.69 Å². The van der Waals surface area contributed by atoms with Crippen molar-refractivity contribution in [2.24, 2.45) is 0 Å². The highest BCUT2D eigenvalue weighted by molar-refractivity contribution is 6.04. The third-order valence-electron chi connectivity index (χ3n) is 3.55. The fraction of sp³-hybridized carbons (Fsp3) is 0.111. The van der Waals surface area contributed by atoms with Crippen LogP contribution in [0, 0.1) is 0 Å². The summed E-state index contributed by atoms with van der Waals surface area (Å²) in [5.74, 6) is 0.395. The van der Waals surface area contributed by atoms with Gasteiger partial charge in [-0.1, -0.05) is 18.2 Å². The molecule has 0 spiro atoms. The minimum absolute atomic E-state index is 0.0800. The second-order valence-electron chi connectivity index (χ2n) is 5.01. The van der Waals surface area contributed by atoms with Gasteiger partial charge in [0.15, 0.2) is 5.76 Å². The zero-order valence-electron chi connectivity index (χ0n) is 13.2. The van der Waals surface area contributed by atoms with Crippen LogP contribution in [0.25, 0.3) is 10.8 Å². The van der Waals surface area contributed by atoms with Crippen LogP contribution in [-0.4, -0.2) is 20.1 Å². The fourth-order valence-corrected chi connectivity index (χ4v) is 2.34. The van der Waals surface area contributed by atoms with Crippen LogP contribution in [0.1, 0.15) is 10.6 Å². The molecule has 122 valence electrons. The number of nitrogens with one attached hydrogen (secondary N) is 1. The Morgan fingerprint density at radius 2 is 1.83 bits per heavy atom. The molecule has 1 N–H and O–H groups in total. The molecule has 24 heavy (non-hydrogen) atoms. The minimum atomic E-state index is -0.559. The summed E-state index contributed by atoms with van der Waals surface area (Å²) in [4.78, 5) is 24.4. The van der Waals surface area contributed by atoms with Gasteiger partial charge < -0.3 is 19.2 Å². The van der Waals surface area contributed by atoms with Crippen LogP contribution in [0.15, 0.2) is 57.7 Å². The molecule has 1 amide bonds. The van der Waals surface area contributed by atoms with Crippen molar-refractivity contribution in [3.63, 3.8) is 0 Å². The first-order valence-electron chi connectivity index (χ1n) is 7.18. The minimum Gasteiger partial charge on any atom is -0.497 e. The van der Waals surface area contributed by atoms with Crippen LogP contribution in [0.5, 0.6) is 11.5 Å². The van der Waals surface area contributed by atoms with E-state index in [0.717, 1.165) is 0 Å². The van der Waals surface area contributed by atoms with E-state index >= 15 is 0 Å². The van der Waals surface area contributed by atoms with Gasteiger partial charge in [-0.05, 0) is 29.7 Å². The molecule has 1 aromatic heterocycles. The molecule has 1 heterocycles. The summed E-state index contributed by atoms with van der Waals surface area (Å²) in [5, 5.41) is 3.73. The van der Waals surface area contributed by atoms with Crippen LogP contribution >= 0.6 is 0 Å². The first kappa shape index (κ1) is 15.6. The summed E-state index contributed by atoms with van der Waals surface area (Å²) >= 11 is 0. The molecule has 6 nitrogen and oxygen atoms in total.